The van der Waals surface area contributed by atoms with Crippen LogP contribution in [0.2, 0.25) is 0 Å². The molecule has 5 heteroatoms. The number of halogens is 1. The van der Waals surface area contributed by atoms with Crippen molar-refractivity contribution in [3.05, 3.63) is 35.4 Å². The zero-order chi connectivity index (χ0) is 10.6. The first-order valence-electron chi connectivity index (χ1n) is 4.33. The highest BCUT2D eigenvalue weighted by molar-refractivity contribution is 5.89. The van der Waals surface area contributed by atoms with E-state index in [1.54, 1.807) is 24.3 Å². The number of ether oxygens (including phenoxy) is 1. The van der Waals surface area contributed by atoms with Gasteiger partial charge in [0, 0.05) is 12.6 Å². The number of esters is 1. The van der Waals surface area contributed by atoms with Crippen LogP contribution in [0.4, 0.5) is 0 Å². The van der Waals surface area contributed by atoms with Crippen molar-refractivity contribution in [1.29, 1.82) is 0 Å². The molecule has 0 saturated heterocycles. The number of hydrogen-bond donors (Lipinski definition) is 2. The van der Waals surface area contributed by atoms with E-state index in [9.17, 15) is 4.79 Å². The molecule has 1 aromatic rings. The molecule has 1 atom stereocenters. The van der Waals surface area contributed by atoms with E-state index in [0.717, 1.165) is 5.56 Å². The van der Waals surface area contributed by atoms with Gasteiger partial charge in [0.15, 0.2) is 0 Å². The zero-order valence-corrected chi connectivity index (χ0v) is 9.29. The summed E-state index contributed by atoms with van der Waals surface area (Å²) in [6.45, 7) is 0.386. The van der Waals surface area contributed by atoms with Crippen LogP contribution in [-0.4, -0.2) is 19.6 Å². The van der Waals surface area contributed by atoms with E-state index in [-0.39, 0.29) is 24.4 Å². The van der Waals surface area contributed by atoms with Gasteiger partial charge in [-0.3, -0.25) is 0 Å². The third kappa shape index (κ3) is 3.51. The summed E-state index contributed by atoms with van der Waals surface area (Å²) in [5, 5.41) is 0. The van der Waals surface area contributed by atoms with Crippen molar-refractivity contribution in [3.8, 4) is 0 Å². The normalized spacial score (nSPS) is 11.4. The summed E-state index contributed by atoms with van der Waals surface area (Å²) in [4.78, 5) is 11.1. The van der Waals surface area contributed by atoms with Crippen molar-refractivity contribution in [2.45, 2.75) is 6.04 Å². The molecule has 0 aliphatic heterocycles. The molecule has 0 bridgehead atoms. The summed E-state index contributed by atoms with van der Waals surface area (Å²) in [5.41, 5.74) is 12.6. The molecular formula is C10H15ClN2O2. The number of hydrogen-bond acceptors (Lipinski definition) is 4. The van der Waals surface area contributed by atoms with Crippen LogP contribution in [0.25, 0.3) is 0 Å². The minimum atomic E-state index is -0.349. The molecule has 4 N–H and O–H groups in total. The maximum atomic E-state index is 11.1. The molecule has 4 nitrogen and oxygen atoms in total. The van der Waals surface area contributed by atoms with E-state index in [4.69, 9.17) is 11.5 Å². The van der Waals surface area contributed by atoms with Gasteiger partial charge in [0.05, 0.1) is 12.7 Å². The van der Waals surface area contributed by atoms with Crippen molar-refractivity contribution in [2.75, 3.05) is 13.7 Å². The molecule has 0 saturated carbocycles. The number of benzene rings is 1. The first kappa shape index (κ1) is 13.9. The summed E-state index contributed by atoms with van der Waals surface area (Å²) >= 11 is 0. The van der Waals surface area contributed by atoms with Crippen LogP contribution in [0.5, 0.6) is 0 Å². The monoisotopic (exact) mass is 230 g/mol. The van der Waals surface area contributed by atoms with E-state index in [1.807, 2.05) is 0 Å². The summed E-state index contributed by atoms with van der Waals surface area (Å²) < 4.78 is 4.57. The molecule has 0 spiro atoms. The predicted molar refractivity (Wildman–Crippen MR) is 61.0 cm³/mol. The van der Waals surface area contributed by atoms with Crippen LogP contribution in [0.15, 0.2) is 24.3 Å². The van der Waals surface area contributed by atoms with E-state index < -0.39 is 0 Å². The maximum Gasteiger partial charge on any atom is 0.337 e. The third-order valence-corrected chi connectivity index (χ3v) is 2.01. The Labute approximate surface area is 95.0 Å². The van der Waals surface area contributed by atoms with Crippen LogP contribution in [-0.2, 0) is 4.74 Å². The Morgan fingerprint density at radius 3 is 2.33 bits per heavy atom. The topological polar surface area (TPSA) is 78.3 Å². The highest BCUT2D eigenvalue weighted by Gasteiger charge is 2.07. The quantitative estimate of drug-likeness (QED) is 0.755. The molecule has 1 aromatic carbocycles. The predicted octanol–water partition coefficient (Wildman–Crippen LogP) is 0.853. The molecule has 0 aliphatic rings. The van der Waals surface area contributed by atoms with Gasteiger partial charge in [0.1, 0.15) is 0 Å². The smallest absolute Gasteiger partial charge is 0.337 e. The van der Waals surface area contributed by atoms with Crippen molar-refractivity contribution in [3.63, 3.8) is 0 Å². The summed E-state index contributed by atoms with van der Waals surface area (Å²) in [6, 6.07) is 6.74. The molecule has 0 heterocycles. The van der Waals surface area contributed by atoms with Crippen molar-refractivity contribution in [1.82, 2.24) is 0 Å². The van der Waals surface area contributed by atoms with E-state index in [1.165, 1.54) is 7.11 Å². The fourth-order valence-electron chi connectivity index (χ4n) is 1.12. The second kappa shape index (κ2) is 6.40. The molecular weight excluding hydrogens is 216 g/mol. The lowest BCUT2D eigenvalue weighted by atomic mass is 10.1. The van der Waals surface area contributed by atoms with Gasteiger partial charge < -0.3 is 16.2 Å². The number of rotatable bonds is 3. The van der Waals surface area contributed by atoms with Gasteiger partial charge in [0.2, 0.25) is 0 Å². The van der Waals surface area contributed by atoms with E-state index >= 15 is 0 Å². The highest BCUT2D eigenvalue weighted by atomic mass is 35.5. The zero-order valence-electron chi connectivity index (χ0n) is 8.47. The highest BCUT2D eigenvalue weighted by Crippen LogP contribution is 2.11. The fraction of sp³-hybridized carbons (Fsp3) is 0.300. The van der Waals surface area contributed by atoms with Gasteiger partial charge in [-0.05, 0) is 17.7 Å². The molecule has 0 amide bonds. The SMILES string of the molecule is COC(=O)c1ccc(C(N)CN)cc1.Cl. The Kier molecular flexibility index (Phi) is 5.93. The van der Waals surface area contributed by atoms with Crippen molar-refractivity contribution < 1.29 is 9.53 Å². The number of nitrogens with two attached hydrogens (primary N) is 2. The van der Waals surface area contributed by atoms with Crippen molar-refractivity contribution >= 4 is 18.4 Å². The number of carbonyl (C=O) groups excluding carboxylic acids is 1. The van der Waals surface area contributed by atoms with Crippen LogP contribution >= 0.6 is 12.4 Å². The lowest BCUT2D eigenvalue weighted by Gasteiger charge is -2.08. The molecule has 1 rings (SSSR count). The standard InChI is InChI=1S/C10H14N2O2.ClH/c1-14-10(13)8-4-2-7(3-5-8)9(12)6-11;/h2-5,9H,6,11-12H2,1H3;1H. The van der Waals surface area contributed by atoms with E-state index in [2.05, 4.69) is 4.74 Å². The minimum Gasteiger partial charge on any atom is -0.465 e. The third-order valence-electron chi connectivity index (χ3n) is 2.01. The second-order valence-electron chi connectivity index (χ2n) is 2.96. The molecule has 0 radical (unpaired) electrons. The Morgan fingerprint density at radius 2 is 1.93 bits per heavy atom. The van der Waals surface area contributed by atoms with Gasteiger partial charge in [-0.25, -0.2) is 4.79 Å². The lowest BCUT2D eigenvalue weighted by molar-refractivity contribution is 0.0600. The molecule has 84 valence electrons. The van der Waals surface area contributed by atoms with Crippen molar-refractivity contribution in [2.24, 2.45) is 11.5 Å². The molecule has 0 aromatic heterocycles. The number of carbonyl (C=O) groups is 1. The van der Waals surface area contributed by atoms with Gasteiger partial charge >= 0.3 is 5.97 Å². The summed E-state index contributed by atoms with van der Waals surface area (Å²) in [7, 11) is 1.35. The lowest BCUT2D eigenvalue weighted by Crippen LogP contribution is -2.20. The average Bonchev–Trinajstić information content (AvgIpc) is 2.27. The minimum absolute atomic E-state index is 0. The summed E-state index contributed by atoms with van der Waals surface area (Å²) in [5.74, 6) is -0.349. The maximum absolute atomic E-state index is 11.1. The van der Waals surface area contributed by atoms with E-state index in [0.29, 0.717) is 12.1 Å². The largest absolute Gasteiger partial charge is 0.465 e. The van der Waals surface area contributed by atoms with Gasteiger partial charge in [-0.2, -0.15) is 0 Å². The molecule has 0 fully saturated rings. The Bertz CT molecular complexity index is 314. The van der Waals surface area contributed by atoms with Gasteiger partial charge in [-0.1, -0.05) is 12.1 Å². The summed E-state index contributed by atoms with van der Waals surface area (Å²) in [6.07, 6.45) is 0. The molecule has 15 heavy (non-hydrogen) atoms. The molecule has 0 aliphatic carbocycles. The van der Waals surface area contributed by atoms with Crippen LogP contribution in [0.3, 0.4) is 0 Å². The Hall–Kier alpha value is -1.10. The fourth-order valence-corrected chi connectivity index (χ4v) is 1.12. The average molecular weight is 231 g/mol. The Balaban J connectivity index is 0.00000196. The first-order chi connectivity index (χ1) is 6.69. The van der Waals surface area contributed by atoms with Crippen LogP contribution in [0.1, 0.15) is 22.0 Å². The Morgan fingerprint density at radius 1 is 1.40 bits per heavy atom. The second-order valence-corrected chi connectivity index (χ2v) is 2.96. The molecule has 1 unspecified atom stereocenters. The van der Waals surface area contributed by atoms with Crippen LogP contribution in [0, 0.1) is 0 Å². The van der Waals surface area contributed by atoms with Gasteiger partial charge in [-0.15, -0.1) is 12.4 Å². The first-order valence-corrected chi connectivity index (χ1v) is 4.33. The number of methoxy groups -OCH3 is 1. The van der Waals surface area contributed by atoms with Crippen LogP contribution < -0.4 is 11.5 Å². The van der Waals surface area contributed by atoms with Gasteiger partial charge in [0.25, 0.3) is 0 Å².